The summed E-state index contributed by atoms with van der Waals surface area (Å²) in [5, 5.41) is 2.87. The lowest BCUT2D eigenvalue weighted by atomic mass is 9.76. The van der Waals surface area contributed by atoms with Crippen LogP contribution in [-0.2, 0) is 27.8 Å². The number of imidazole rings is 2. The minimum absolute atomic E-state index is 0.0721. The average molecular weight is 555 g/mol. The van der Waals surface area contributed by atoms with Crippen molar-refractivity contribution < 1.29 is 9.53 Å². The van der Waals surface area contributed by atoms with Crippen molar-refractivity contribution in [2.45, 2.75) is 70.3 Å². The molecule has 3 aliphatic rings. The molecular formula is C33H42N6O2. The van der Waals surface area contributed by atoms with Crippen LogP contribution in [0.3, 0.4) is 0 Å². The largest absolute Gasteiger partial charge is 0.375 e. The molecule has 6 rings (SSSR count). The number of rotatable bonds is 10. The lowest BCUT2D eigenvalue weighted by molar-refractivity contribution is -0.124. The van der Waals surface area contributed by atoms with E-state index in [0.717, 1.165) is 67.2 Å². The van der Waals surface area contributed by atoms with Gasteiger partial charge in [0.15, 0.2) is 0 Å². The van der Waals surface area contributed by atoms with Crippen LogP contribution in [0.5, 0.6) is 0 Å². The van der Waals surface area contributed by atoms with Crippen LogP contribution in [-0.4, -0.2) is 64.6 Å². The van der Waals surface area contributed by atoms with Gasteiger partial charge in [0, 0.05) is 31.2 Å². The molecule has 2 aromatic heterocycles. The Bertz CT molecular complexity index is 1490. The Morgan fingerprint density at radius 1 is 1.20 bits per heavy atom. The van der Waals surface area contributed by atoms with Gasteiger partial charge in [0.05, 0.1) is 23.6 Å². The van der Waals surface area contributed by atoms with E-state index in [2.05, 4.69) is 76.4 Å². The van der Waals surface area contributed by atoms with Crippen molar-refractivity contribution in [1.29, 1.82) is 0 Å². The third-order valence-electron chi connectivity index (χ3n) is 9.04. The van der Waals surface area contributed by atoms with Crippen LogP contribution in [0, 0.1) is 0 Å². The van der Waals surface area contributed by atoms with Crippen LogP contribution in [0.25, 0.3) is 23.4 Å². The molecule has 8 nitrogen and oxygen atoms in total. The number of benzene rings is 1. The molecule has 3 heterocycles. The topological polar surface area (TPSA) is 98.9 Å². The van der Waals surface area contributed by atoms with Crippen LogP contribution in [0.4, 0.5) is 0 Å². The molecule has 3 N–H and O–H groups in total. The Kier molecular flexibility index (Phi) is 7.70. The summed E-state index contributed by atoms with van der Waals surface area (Å²) in [4.78, 5) is 30.8. The molecule has 0 saturated carbocycles. The second-order valence-corrected chi connectivity index (χ2v) is 12.3. The SMILES string of the molecule is COCC(=O)NCCCCc1ncc(-c2ccc3c(c2)C(C)(C)C(C2=Cc4nc(C5CCCN5C)[nH]c4CC2)=C3)[nH]1. The molecule has 0 bridgehead atoms. The number of nitrogens with one attached hydrogen (secondary N) is 3. The van der Waals surface area contributed by atoms with Crippen molar-refractivity contribution in [3.63, 3.8) is 0 Å². The number of aryl methyl sites for hydroxylation is 2. The number of methoxy groups -OCH3 is 1. The zero-order chi connectivity index (χ0) is 28.6. The van der Waals surface area contributed by atoms with Gasteiger partial charge in [-0.05, 0) is 92.1 Å². The van der Waals surface area contributed by atoms with E-state index in [-0.39, 0.29) is 17.9 Å². The number of likely N-dealkylation sites (tertiary alicyclic amines) is 1. The van der Waals surface area contributed by atoms with E-state index in [1.54, 1.807) is 0 Å². The summed E-state index contributed by atoms with van der Waals surface area (Å²) in [5.41, 5.74) is 9.98. The third-order valence-corrected chi connectivity index (χ3v) is 9.04. The zero-order valence-corrected chi connectivity index (χ0v) is 24.8. The molecule has 1 atom stereocenters. The molecule has 0 radical (unpaired) electrons. The third kappa shape index (κ3) is 5.55. The number of fused-ring (bicyclic) bond motifs is 2. The number of nitrogens with zero attached hydrogens (tertiary/aromatic N) is 3. The first kappa shape index (κ1) is 27.7. The molecule has 216 valence electrons. The Morgan fingerprint density at radius 2 is 2.07 bits per heavy atom. The normalized spacial score (nSPS) is 19.6. The number of unbranched alkanes of at least 4 members (excludes halogenated alkanes) is 1. The summed E-state index contributed by atoms with van der Waals surface area (Å²) in [6.07, 6.45) is 13.8. The summed E-state index contributed by atoms with van der Waals surface area (Å²) in [6, 6.07) is 7.19. The van der Waals surface area contributed by atoms with E-state index in [4.69, 9.17) is 9.72 Å². The van der Waals surface area contributed by atoms with Crippen molar-refractivity contribution in [2.75, 3.05) is 33.9 Å². The monoisotopic (exact) mass is 554 g/mol. The van der Waals surface area contributed by atoms with Crippen molar-refractivity contribution in [3.05, 3.63) is 69.7 Å². The molecule has 1 aromatic carbocycles. The van der Waals surface area contributed by atoms with E-state index in [1.807, 2.05) is 6.20 Å². The number of aromatic amines is 2. The van der Waals surface area contributed by atoms with Gasteiger partial charge in [-0.3, -0.25) is 9.69 Å². The Balaban J connectivity index is 1.13. The first-order valence-corrected chi connectivity index (χ1v) is 15.0. The van der Waals surface area contributed by atoms with Crippen molar-refractivity contribution in [1.82, 2.24) is 30.2 Å². The molecule has 1 fully saturated rings. The molecule has 0 spiro atoms. The summed E-state index contributed by atoms with van der Waals surface area (Å²) >= 11 is 0. The van der Waals surface area contributed by atoms with Gasteiger partial charge >= 0.3 is 0 Å². The van der Waals surface area contributed by atoms with E-state index < -0.39 is 0 Å². The van der Waals surface area contributed by atoms with E-state index in [9.17, 15) is 4.79 Å². The van der Waals surface area contributed by atoms with Crippen LogP contribution >= 0.6 is 0 Å². The summed E-state index contributed by atoms with van der Waals surface area (Å²) in [7, 11) is 3.73. The zero-order valence-electron chi connectivity index (χ0n) is 24.8. The minimum Gasteiger partial charge on any atom is -0.375 e. The maximum absolute atomic E-state index is 11.5. The molecule has 3 aromatic rings. The smallest absolute Gasteiger partial charge is 0.245 e. The molecule has 1 saturated heterocycles. The molecule has 41 heavy (non-hydrogen) atoms. The van der Waals surface area contributed by atoms with Gasteiger partial charge in [0.1, 0.15) is 18.3 Å². The number of H-pyrrole nitrogens is 2. The van der Waals surface area contributed by atoms with Gasteiger partial charge in [-0.2, -0.15) is 0 Å². The average Bonchev–Trinajstić information content (AvgIpc) is 3.74. The minimum atomic E-state index is -0.0877. The number of amides is 1. The first-order valence-electron chi connectivity index (χ1n) is 15.0. The highest BCUT2D eigenvalue weighted by Gasteiger charge is 2.36. The lowest BCUT2D eigenvalue weighted by Crippen LogP contribution is -2.27. The van der Waals surface area contributed by atoms with Gasteiger partial charge in [-0.1, -0.05) is 32.1 Å². The number of carbonyl (C=O) groups is 1. The molecular weight excluding hydrogens is 512 g/mol. The Morgan fingerprint density at radius 3 is 2.88 bits per heavy atom. The van der Waals surface area contributed by atoms with E-state index in [0.29, 0.717) is 12.6 Å². The summed E-state index contributed by atoms with van der Waals surface area (Å²) in [6.45, 7) is 6.60. The fourth-order valence-corrected chi connectivity index (χ4v) is 6.71. The predicted octanol–water partition coefficient (Wildman–Crippen LogP) is 5.36. The lowest BCUT2D eigenvalue weighted by Gasteiger charge is -2.28. The summed E-state index contributed by atoms with van der Waals surface area (Å²) in [5.74, 6) is 2.04. The second kappa shape index (κ2) is 11.4. The Hall–Kier alpha value is -3.49. The van der Waals surface area contributed by atoms with Crippen LogP contribution in [0.15, 0.2) is 35.5 Å². The van der Waals surface area contributed by atoms with Crippen LogP contribution < -0.4 is 5.32 Å². The number of allylic oxidation sites excluding steroid dienone is 2. The number of hydrogen-bond acceptors (Lipinski definition) is 5. The fourth-order valence-electron chi connectivity index (χ4n) is 6.71. The number of aromatic nitrogens is 4. The van der Waals surface area contributed by atoms with E-state index in [1.165, 1.54) is 47.9 Å². The maximum atomic E-state index is 11.5. The van der Waals surface area contributed by atoms with Gasteiger partial charge in [-0.15, -0.1) is 0 Å². The first-order chi connectivity index (χ1) is 19.8. The molecule has 2 aliphatic carbocycles. The molecule has 1 amide bonds. The molecule has 8 heteroatoms. The van der Waals surface area contributed by atoms with Gasteiger partial charge < -0.3 is 20.0 Å². The van der Waals surface area contributed by atoms with Crippen molar-refractivity contribution in [3.8, 4) is 11.3 Å². The number of carbonyl (C=O) groups excluding carboxylic acids is 1. The predicted molar refractivity (Wildman–Crippen MR) is 162 cm³/mol. The van der Waals surface area contributed by atoms with Gasteiger partial charge in [0.2, 0.25) is 5.91 Å². The number of hydrogen-bond donors (Lipinski definition) is 3. The highest BCUT2D eigenvalue weighted by molar-refractivity contribution is 5.79. The quantitative estimate of drug-likeness (QED) is 0.293. The molecule has 1 aliphatic heterocycles. The van der Waals surface area contributed by atoms with Gasteiger partial charge in [-0.25, -0.2) is 9.97 Å². The Labute approximate surface area is 242 Å². The second-order valence-electron chi connectivity index (χ2n) is 12.3. The van der Waals surface area contributed by atoms with Crippen LogP contribution in [0.2, 0.25) is 0 Å². The summed E-state index contributed by atoms with van der Waals surface area (Å²) < 4.78 is 4.85. The number of ether oxygens (including phenoxy) is 1. The maximum Gasteiger partial charge on any atom is 0.245 e. The van der Waals surface area contributed by atoms with Crippen molar-refractivity contribution in [2.24, 2.45) is 0 Å². The van der Waals surface area contributed by atoms with Crippen LogP contribution in [0.1, 0.15) is 86.2 Å². The molecule has 1 unspecified atom stereocenters. The van der Waals surface area contributed by atoms with E-state index >= 15 is 0 Å². The standard InChI is InChI=1S/C33H42N6O2/c1-33(2)24(22-12-13-26-27(18-22)38-32(37-26)29-8-7-15-39(29)3)16-21-10-11-23(17-25(21)33)28-19-35-30(36-28)9-5-6-14-34-31(40)20-41-4/h10-11,16-19,29H,5-9,12-15,20H2,1-4H3,(H,34,40)(H,35,36)(H,37,38). The highest BCUT2D eigenvalue weighted by atomic mass is 16.5. The highest BCUT2D eigenvalue weighted by Crippen LogP contribution is 2.48. The van der Waals surface area contributed by atoms with Gasteiger partial charge in [0.25, 0.3) is 0 Å². The van der Waals surface area contributed by atoms with Crippen molar-refractivity contribution >= 4 is 18.1 Å². The fraction of sp³-hybridized carbons (Fsp3) is 0.485.